The van der Waals surface area contributed by atoms with Crippen molar-refractivity contribution in [1.82, 2.24) is 0 Å². The molecule has 0 radical (unpaired) electrons. The van der Waals surface area contributed by atoms with Gasteiger partial charge in [-0.3, -0.25) is 0 Å². The van der Waals surface area contributed by atoms with Crippen molar-refractivity contribution in [3.63, 3.8) is 0 Å². The highest BCUT2D eigenvalue weighted by Gasteiger charge is 2.23. The predicted molar refractivity (Wildman–Crippen MR) is 80.7 cm³/mol. The number of esters is 1. The molecule has 0 amide bonds. The van der Waals surface area contributed by atoms with E-state index in [0.29, 0.717) is 5.56 Å². The van der Waals surface area contributed by atoms with E-state index in [9.17, 15) is 9.18 Å². The molecule has 1 N–H and O–H groups in total. The van der Waals surface area contributed by atoms with Crippen LogP contribution in [0, 0.1) is 19.7 Å². The topological polar surface area (TPSA) is 38.3 Å². The Bertz CT molecular complexity index is 655. The second kappa shape index (κ2) is 6.39. The first-order valence-corrected chi connectivity index (χ1v) is 6.68. The zero-order valence-corrected chi connectivity index (χ0v) is 12.3. The van der Waals surface area contributed by atoms with Crippen LogP contribution in [0.25, 0.3) is 0 Å². The minimum atomic E-state index is -0.743. The number of benzene rings is 2. The monoisotopic (exact) mass is 287 g/mol. The quantitative estimate of drug-likeness (QED) is 0.870. The molecule has 0 fully saturated rings. The maximum Gasteiger partial charge on any atom is 0.333 e. The van der Waals surface area contributed by atoms with Crippen LogP contribution in [0.1, 0.15) is 22.7 Å². The summed E-state index contributed by atoms with van der Waals surface area (Å²) in [7, 11) is 1.32. The van der Waals surface area contributed by atoms with E-state index < -0.39 is 12.0 Å². The van der Waals surface area contributed by atoms with Crippen LogP contribution in [0.3, 0.4) is 0 Å². The lowest BCUT2D eigenvalue weighted by Gasteiger charge is -2.20. The first-order valence-electron chi connectivity index (χ1n) is 6.68. The standard InChI is InChI=1S/C17H18FNO2/c1-11-5-4-6-14(9-11)19-16(17(20)21-3)15-10-13(18)8-7-12(15)2/h4-10,16,19H,1-3H3. The zero-order valence-electron chi connectivity index (χ0n) is 12.3. The van der Waals surface area contributed by atoms with E-state index >= 15 is 0 Å². The number of hydrogen-bond acceptors (Lipinski definition) is 3. The van der Waals surface area contributed by atoms with Crippen LogP contribution in [0.2, 0.25) is 0 Å². The lowest BCUT2D eigenvalue weighted by atomic mass is 10.0. The number of carbonyl (C=O) groups is 1. The summed E-state index contributed by atoms with van der Waals surface area (Å²) in [6.07, 6.45) is 0. The molecule has 21 heavy (non-hydrogen) atoms. The Labute approximate surface area is 123 Å². The molecule has 4 heteroatoms. The third-order valence-corrected chi connectivity index (χ3v) is 3.32. The SMILES string of the molecule is COC(=O)C(Nc1cccc(C)c1)c1cc(F)ccc1C. The first kappa shape index (κ1) is 15.0. The number of ether oxygens (including phenoxy) is 1. The summed E-state index contributed by atoms with van der Waals surface area (Å²) in [5, 5.41) is 3.11. The molecular weight excluding hydrogens is 269 g/mol. The highest BCUT2D eigenvalue weighted by Crippen LogP contribution is 2.25. The van der Waals surface area contributed by atoms with E-state index in [1.165, 1.54) is 19.2 Å². The van der Waals surface area contributed by atoms with Gasteiger partial charge in [0.15, 0.2) is 6.04 Å². The second-order valence-corrected chi connectivity index (χ2v) is 4.97. The maximum absolute atomic E-state index is 13.5. The van der Waals surface area contributed by atoms with Crippen molar-refractivity contribution >= 4 is 11.7 Å². The van der Waals surface area contributed by atoms with Crippen molar-refractivity contribution in [1.29, 1.82) is 0 Å². The van der Waals surface area contributed by atoms with E-state index in [0.717, 1.165) is 16.8 Å². The van der Waals surface area contributed by atoms with Gasteiger partial charge in [0.05, 0.1) is 7.11 Å². The molecule has 110 valence electrons. The first-order chi connectivity index (χ1) is 10.0. The molecule has 2 aromatic carbocycles. The maximum atomic E-state index is 13.5. The number of nitrogens with one attached hydrogen (secondary N) is 1. The Morgan fingerprint density at radius 1 is 1.19 bits per heavy atom. The van der Waals surface area contributed by atoms with Crippen LogP contribution >= 0.6 is 0 Å². The van der Waals surface area contributed by atoms with Gasteiger partial charge in [-0.05, 0) is 54.8 Å². The van der Waals surface area contributed by atoms with Gasteiger partial charge in [-0.2, -0.15) is 0 Å². The van der Waals surface area contributed by atoms with E-state index in [4.69, 9.17) is 4.74 Å². The van der Waals surface area contributed by atoms with Crippen LogP contribution in [0.4, 0.5) is 10.1 Å². The molecule has 0 heterocycles. The molecule has 1 unspecified atom stereocenters. The van der Waals surface area contributed by atoms with E-state index in [2.05, 4.69) is 5.32 Å². The molecule has 3 nitrogen and oxygen atoms in total. The molecule has 0 aliphatic rings. The van der Waals surface area contributed by atoms with Crippen LogP contribution in [0.5, 0.6) is 0 Å². The average molecular weight is 287 g/mol. The normalized spacial score (nSPS) is 11.8. The molecule has 2 rings (SSSR count). The molecule has 0 aliphatic heterocycles. The van der Waals surface area contributed by atoms with Gasteiger partial charge >= 0.3 is 5.97 Å². The van der Waals surface area contributed by atoms with E-state index in [1.807, 2.05) is 38.1 Å². The van der Waals surface area contributed by atoms with Crippen molar-refractivity contribution in [2.75, 3.05) is 12.4 Å². The Hall–Kier alpha value is -2.36. The van der Waals surface area contributed by atoms with Gasteiger partial charge in [0.2, 0.25) is 0 Å². The third kappa shape index (κ3) is 3.60. The molecule has 0 aliphatic carbocycles. The largest absolute Gasteiger partial charge is 0.467 e. The fourth-order valence-corrected chi connectivity index (χ4v) is 2.21. The summed E-state index contributed by atoms with van der Waals surface area (Å²) in [4.78, 5) is 12.1. The Kier molecular flexibility index (Phi) is 4.58. The average Bonchev–Trinajstić information content (AvgIpc) is 2.47. The Morgan fingerprint density at radius 2 is 1.95 bits per heavy atom. The second-order valence-electron chi connectivity index (χ2n) is 4.97. The van der Waals surface area contributed by atoms with Gasteiger partial charge in [-0.1, -0.05) is 18.2 Å². The van der Waals surface area contributed by atoms with Gasteiger partial charge in [-0.15, -0.1) is 0 Å². The predicted octanol–water partition coefficient (Wildman–Crippen LogP) is 3.77. The number of anilines is 1. The molecular formula is C17H18FNO2. The number of carbonyl (C=O) groups excluding carboxylic acids is 1. The van der Waals surface area contributed by atoms with Crippen LogP contribution in [-0.4, -0.2) is 13.1 Å². The summed E-state index contributed by atoms with van der Waals surface area (Å²) in [6, 6.07) is 11.3. The van der Waals surface area contributed by atoms with Gasteiger partial charge in [-0.25, -0.2) is 9.18 Å². The number of hydrogen-bond donors (Lipinski definition) is 1. The van der Waals surface area contributed by atoms with Crippen molar-refractivity contribution < 1.29 is 13.9 Å². The minimum Gasteiger partial charge on any atom is -0.467 e. The number of halogens is 1. The van der Waals surface area contributed by atoms with Crippen LogP contribution < -0.4 is 5.32 Å². The number of rotatable bonds is 4. The smallest absolute Gasteiger partial charge is 0.333 e. The molecule has 0 saturated heterocycles. The molecule has 0 spiro atoms. The molecule has 2 aromatic rings. The fourth-order valence-electron chi connectivity index (χ4n) is 2.21. The summed E-state index contributed by atoms with van der Waals surface area (Å²) >= 11 is 0. The highest BCUT2D eigenvalue weighted by molar-refractivity contribution is 5.81. The lowest BCUT2D eigenvalue weighted by Crippen LogP contribution is -2.23. The van der Waals surface area contributed by atoms with Gasteiger partial charge in [0.1, 0.15) is 5.82 Å². The molecule has 0 bridgehead atoms. The molecule has 1 atom stereocenters. The van der Waals surface area contributed by atoms with Gasteiger partial charge in [0.25, 0.3) is 0 Å². The lowest BCUT2D eigenvalue weighted by molar-refractivity contribution is -0.141. The summed E-state index contributed by atoms with van der Waals surface area (Å²) in [6.45, 7) is 3.80. The Morgan fingerprint density at radius 3 is 2.62 bits per heavy atom. The van der Waals surface area contributed by atoms with Gasteiger partial charge < -0.3 is 10.1 Å². The van der Waals surface area contributed by atoms with Gasteiger partial charge in [0, 0.05) is 5.69 Å². The summed E-state index contributed by atoms with van der Waals surface area (Å²) < 4.78 is 18.3. The fraction of sp³-hybridized carbons (Fsp3) is 0.235. The number of aryl methyl sites for hydroxylation is 2. The minimum absolute atomic E-state index is 0.379. The summed E-state index contributed by atoms with van der Waals surface area (Å²) in [5.74, 6) is -0.833. The van der Waals surface area contributed by atoms with Crippen molar-refractivity contribution in [2.24, 2.45) is 0 Å². The Balaban J connectivity index is 2.39. The van der Waals surface area contributed by atoms with Crippen molar-refractivity contribution in [3.8, 4) is 0 Å². The van der Waals surface area contributed by atoms with Crippen molar-refractivity contribution in [3.05, 3.63) is 65.0 Å². The summed E-state index contributed by atoms with van der Waals surface area (Å²) in [5.41, 5.74) is 3.25. The van der Waals surface area contributed by atoms with Crippen LogP contribution in [-0.2, 0) is 9.53 Å². The van der Waals surface area contributed by atoms with Crippen LogP contribution in [0.15, 0.2) is 42.5 Å². The number of methoxy groups -OCH3 is 1. The van der Waals surface area contributed by atoms with E-state index in [1.54, 1.807) is 6.07 Å². The van der Waals surface area contributed by atoms with E-state index in [-0.39, 0.29) is 5.82 Å². The zero-order chi connectivity index (χ0) is 15.4. The molecule has 0 aromatic heterocycles. The molecule has 0 saturated carbocycles. The third-order valence-electron chi connectivity index (χ3n) is 3.32. The van der Waals surface area contributed by atoms with Crippen molar-refractivity contribution in [2.45, 2.75) is 19.9 Å². The highest BCUT2D eigenvalue weighted by atomic mass is 19.1.